The Bertz CT molecular complexity index is 1430. The number of carbonyl (C=O) groups excluding carboxylic acids is 2. The van der Waals surface area contributed by atoms with Crippen LogP contribution < -0.4 is 15.1 Å². The number of carbonyl (C=O) groups is 2. The molecule has 0 aliphatic heterocycles. The maximum Gasteiger partial charge on any atom is 0.344 e. The highest BCUT2D eigenvalue weighted by atomic mass is 16.5. The standard InChI is InChI=1S/C23H14O6/c1-27-11-9-16(28-2)20-17(10-11)29-23(26)15-8-7-14-19(18(15)20)22(25)13-6-4-3-5-12(13)21(14)24/h3-10H,1-2H3. The molecule has 4 aromatic rings. The van der Waals surface area contributed by atoms with Crippen molar-refractivity contribution in [1.82, 2.24) is 0 Å². The van der Waals surface area contributed by atoms with Gasteiger partial charge in [0.05, 0.1) is 25.0 Å². The van der Waals surface area contributed by atoms with Crippen molar-refractivity contribution in [2.24, 2.45) is 0 Å². The maximum absolute atomic E-state index is 13.4. The highest BCUT2D eigenvalue weighted by molar-refractivity contribution is 6.34. The number of rotatable bonds is 2. The van der Waals surface area contributed by atoms with Crippen LogP contribution in [0.4, 0.5) is 0 Å². The molecule has 0 atom stereocenters. The second-order valence-corrected chi connectivity index (χ2v) is 6.71. The molecule has 1 heterocycles. The monoisotopic (exact) mass is 386 g/mol. The minimum Gasteiger partial charge on any atom is -0.496 e. The molecule has 0 bridgehead atoms. The molecule has 6 heteroatoms. The van der Waals surface area contributed by atoms with Gasteiger partial charge in [-0.2, -0.15) is 0 Å². The predicted molar refractivity (Wildman–Crippen MR) is 106 cm³/mol. The quantitative estimate of drug-likeness (QED) is 0.340. The van der Waals surface area contributed by atoms with E-state index in [1.807, 2.05) is 0 Å². The highest BCUT2D eigenvalue weighted by Gasteiger charge is 2.32. The van der Waals surface area contributed by atoms with Crippen LogP contribution in [0.15, 0.2) is 57.7 Å². The van der Waals surface area contributed by atoms with Crippen molar-refractivity contribution in [3.63, 3.8) is 0 Å². The minimum absolute atomic E-state index is 0.188. The van der Waals surface area contributed by atoms with Crippen molar-refractivity contribution in [3.8, 4) is 11.5 Å². The van der Waals surface area contributed by atoms with Gasteiger partial charge in [0.15, 0.2) is 11.6 Å². The Hall–Kier alpha value is -3.93. The van der Waals surface area contributed by atoms with Crippen LogP contribution in [0.2, 0.25) is 0 Å². The van der Waals surface area contributed by atoms with Gasteiger partial charge in [-0.25, -0.2) is 4.79 Å². The van der Waals surface area contributed by atoms with Crippen LogP contribution in [0, 0.1) is 0 Å². The zero-order valence-electron chi connectivity index (χ0n) is 15.6. The molecule has 29 heavy (non-hydrogen) atoms. The fourth-order valence-corrected chi connectivity index (χ4v) is 3.94. The third-order valence-electron chi connectivity index (χ3n) is 5.26. The van der Waals surface area contributed by atoms with E-state index in [4.69, 9.17) is 13.9 Å². The van der Waals surface area contributed by atoms with Crippen molar-refractivity contribution in [3.05, 3.63) is 81.2 Å². The first-order valence-electron chi connectivity index (χ1n) is 8.89. The van der Waals surface area contributed by atoms with E-state index in [-0.39, 0.29) is 33.7 Å². The lowest BCUT2D eigenvalue weighted by molar-refractivity contribution is 0.0980. The molecule has 0 saturated carbocycles. The fourth-order valence-electron chi connectivity index (χ4n) is 3.94. The smallest absolute Gasteiger partial charge is 0.344 e. The van der Waals surface area contributed by atoms with Gasteiger partial charge in [0.25, 0.3) is 0 Å². The Morgan fingerprint density at radius 2 is 1.48 bits per heavy atom. The van der Waals surface area contributed by atoms with Gasteiger partial charge in [0, 0.05) is 39.8 Å². The molecule has 0 radical (unpaired) electrons. The van der Waals surface area contributed by atoms with E-state index in [2.05, 4.69) is 0 Å². The largest absolute Gasteiger partial charge is 0.496 e. The maximum atomic E-state index is 13.4. The first-order valence-corrected chi connectivity index (χ1v) is 8.89. The van der Waals surface area contributed by atoms with Gasteiger partial charge in [-0.05, 0) is 12.1 Å². The number of methoxy groups -OCH3 is 2. The molecule has 0 N–H and O–H groups in total. The molecule has 0 fully saturated rings. The normalized spacial score (nSPS) is 12.8. The molecule has 6 nitrogen and oxygen atoms in total. The minimum atomic E-state index is -0.607. The van der Waals surface area contributed by atoms with E-state index >= 15 is 0 Å². The summed E-state index contributed by atoms with van der Waals surface area (Å²) in [7, 11) is 2.96. The Morgan fingerprint density at radius 1 is 0.759 bits per heavy atom. The van der Waals surface area contributed by atoms with Gasteiger partial charge >= 0.3 is 5.63 Å². The SMILES string of the molecule is COc1cc(OC)c2c(c1)oc(=O)c1ccc3c(c12)C(=O)c1ccccc1C3=O. The Labute approximate surface area is 164 Å². The summed E-state index contributed by atoms with van der Waals surface area (Å²) in [5, 5.41) is 1.00. The van der Waals surface area contributed by atoms with Crippen molar-refractivity contribution in [2.45, 2.75) is 0 Å². The molecule has 3 aromatic carbocycles. The summed E-state index contributed by atoms with van der Waals surface area (Å²) in [5.41, 5.74) is 0.714. The first kappa shape index (κ1) is 17.2. The number of ketones is 2. The molecule has 1 aromatic heterocycles. The molecule has 0 amide bonds. The fraction of sp³-hybridized carbons (Fsp3) is 0.0870. The van der Waals surface area contributed by atoms with Crippen LogP contribution in [-0.4, -0.2) is 25.8 Å². The Balaban J connectivity index is 2.02. The van der Waals surface area contributed by atoms with Gasteiger partial charge in [0.2, 0.25) is 0 Å². The molecular formula is C23H14O6. The van der Waals surface area contributed by atoms with Gasteiger partial charge in [0.1, 0.15) is 17.1 Å². The molecule has 1 aliphatic carbocycles. The van der Waals surface area contributed by atoms with Crippen LogP contribution in [0.1, 0.15) is 31.8 Å². The van der Waals surface area contributed by atoms with Crippen molar-refractivity contribution >= 4 is 33.3 Å². The van der Waals surface area contributed by atoms with Gasteiger partial charge in [-0.15, -0.1) is 0 Å². The Morgan fingerprint density at radius 3 is 2.17 bits per heavy atom. The lowest BCUT2D eigenvalue weighted by Gasteiger charge is -2.20. The van der Waals surface area contributed by atoms with Crippen LogP contribution in [0.25, 0.3) is 21.7 Å². The van der Waals surface area contributed by atoms with Crippen molar-refractivity contribution < 1.29 is 23.5 Å². The van der Waals surface area contributed by atoms with Crippen LogP contribution in [-0.2, 0) is 0 Å². The molecule has 0 unspecified atom stereocenters. The number of benzene rings is 3. The zero-order chi connectivity index (χ0) is 20.3. The summed E-state index contributed by atoms with van der Waals surface area (Å²) in [6, 6.07) is 12.9. The second kappa shape index (κ2) is 6.04. The average molecular weight is 386 g/mol. The van der Waals surface area contributed by atoms with Gasteiger partial charge < -0.3 is 13.9 Å². The lowest BCUT2D eigenvalue weighted by atomic mass is 9.81. The summed E-state index contributed by atoms with van der Waals surface area (Å²) in [5.74, 6) is 0.242. The Kier molecular flexibility index (Phi) is 3.58. The van der Waals surface area contributed by atoms with E-state index in [1.165, 1.54) is 26.4 Å². The number of hydrogen-bond acceptors (Lipinski definition) is 6. The summed E-state index contributed by atoms with van der Waals surface area (Å²) in [6.45, 7) is 0. The zero-order valence-corrected chi connectivity index (χ0v) is 15.6. The molecular weight excluding hydrogens is 372 g/mol. The second-order valence-electron chi connectivity index (χ2n) is 6.71. The average Bonchev–Trinajstić information content (AvgIpc) is 2.75. The molecule has 0 spiro atoms. The third-order valence-corrected chi connectivity index (χ3v) is 5.26. The van der Waals surface area contributed by atoms with Crippen molar-refractivity contribution in [1.29, 1.82) is 0 Å². The number of hydrogen-bond donors (Lipinski definition) is 0. The summed E-state index contributed by atoms with van der Waals surface area (Å²) >= 11 is 0. The molecule has 142 valence electrons. The van der Waals surface area contributed by atoms with E-state index in [0.29, 0.717) is 33.4 Å². The van der Waals surface area contributed by atoms with E-state index in [9.17, 15) is 14.4 Å². The topological polar surface area (TPSA) is 82.8 Å². The van der Waals surface area contributed by atoms with Crippen LogP contribution >= 0.6 is 0 Å². The van der Waals surface area contributed by atoms with Gasteiger partial charge in [-0.1, -0.05) is 24.3 Å². The summed E-state index contributed by atoms with van der Waals surface area (Å²) in [6.07, 6.45) is 0. The number of ether oxygens (including phenoxy) is 2. The van der Waals surface area contributed by atoms with E-state index in [1.54, 1.807) is 36.4 Å². The van der Waals surface area contributed by atoms with E-state index < -0.39 is 5.63 Å². The van der Waals surface area contributed by atoms with Crippen molar-refractivity contribution in [2.75, 3.05) is 14.2 Å². The predicted octanol–water partition coefficient (Wildman–Crippen LogP) is 3.74. The molecule has 1 aliphatic rings. The molecule has 5 rings (SSSR count). The third kappa shape index (κ3) is 2.26. The highest BCUT2D eigenvalue weighted by Crippen LogP contribution is 2.40. The van der Waals surface area contributed by atoms with Crippen LogP contribution in [0.5, 0.6) is 11.5 Å². The first-order chi connectivity index (χ1) is 14.0. The summed E-state index contributed by atoms with van der Waals surface area (Å²) < 4.78 is 16.2. The lowest BCUT2D eigenvalue weighted by Crippen LogP contribution is -2.22. The molecule has 0 saturated heterocycles. The van der Waals surface area contributed by atoms with E-state index in [0.717, 1.165) is 0 Å². The van der Waals surface area contributed by atoms with Crippen LogP contribution in [0.3, 0.4) is 0 Å². The summed E-state index contributed by atoms with van der Waals surface area (Å²) in [4.78, 5) is 39.1. The van der Waals surface area contributed by atoms with Gasteiger partial charge in [-0.3, -0.25) is 9.59 Å². The number of fused-ring (bicyclic) bond motifs is 6.